The number of rotatable bonds is 9. The molecule has 2 nitrogen and oxygen atoms in total. The highest BCUT2D eigenvalue weighted by Crippen LogP contribution is 2.32. The summed E-state index contributed by atoms with van der Waals surface area (Å²) in [5.41, 5.74) is 3.61. The Morgan fingerprint density at radius 3 is 1.41 bits per heavy atom. The van der Waals surface area contributed by atoms with Crippen molar-refractivity contribution in [3.05, 3.63) is 144 Å². The smallest absolute Gasteiger partial charge is 0.103 e. The summed E-state index contributed by atoms with van der Waals surface area (Å²) in [6.07, 6.45) is 0.752. The summed E-state index contributed by atoms with van der Waals surface area (Å²) in [7, 11) is 0. The fourth-order valence-electron chi connectivity index (χ4n) is 4.40. The van der Waals surface area contributed by atoms with Crippen LogP contribution in [0.1, 0.15) is 29.2 Å². The number of nitrogens with zero attached hydrogens (tertiary/aromatic N) is 1. The predicted molar refractivity (Wildman–Crippen MR) is 132 cm³/mol. The van der Waals surface area contributed by atoms with Crippen LogP contribution in [0.4, 0.5) is 0 Å². The van der Waals surface area contributed by atoms with Gasteiger partial charge >= 0.3 is 0 Å². The second-order valence-corrected chi connectivity index (χ2v) is 8.60. The van der Waals surface area contributed by atoms with Crippen molar-refractivity contribution in [3.63, 3.8) is 0 Å². The van der Waals surface area contributed by atoms with Crippen molar-refractivity contribution in [3.8, 4) is 0 Å². The van der Waals surface area contributed by atoms with Gasteiger partial charge in [-0.05, 0) is 35.6 Å². The van der Waals surface area contributed by atoms with E-state index >= 15 is 0 Å². The van der Waals surface area contributed by atoms with Crippen LogP contribution in [-0.4, -0.2) is 16.0 Å². The molecule has 0 saturated heterocycles. The SMILES string of the molecule is C[C@](O)(c1ccccc1)[C@H](Cc1ccccc1)N(Cc1ccccc1)Cc1ccccc1. The van der Waals surface area contributed by atoms with Gasteiger partial charge in [-0.2, -0.15) is 0 Å². The first-order valence-electron chi connectivity index (χ1n) is 11.3. The average Bonchev–Trinajstić information content (AvgIpc) is 2.84. The van der Waals surface area contributed by atoms with E-state index in [1.807, 2.05) is 55.5 Å². The molecule has 2 heteroatoms. The number of aliphatic hydroxyl groups is 1. The zero-order chi connectivity index (χ0) is 22.2. The Labute approximate surface area is 191 Å². The first-order valence-corrected chi connectivity index (χ1v) is 11.3. The van der Waals surface area contributed by atoms with E-state index in [-0.39, 0.29) is 6.04 Å². The summed E-state index contributed by atoms with van der Waals surface area (Å²) in [6.45, 7) is 3.48. The Kier molecular flexibility index (Phi) is 7.16. The molecule has 0 amide bonds. The van der Waals surface area contributed by atoms with Gasteiger partial charge in [0.2, 0.25) is 0 Å². The average molecular weight is 422 g/mol. The van der Waals surface area contributed by atoms with Crippen molar-refractivity contribution >= 4 is 0 Å². The largest absolute Gasteiger partial charge is 0.384 e. The second-order valence-electron chi connectivity index (χ2n) is 8.60. The zero-order valence-electron chi connectivity index (χ0n) is 18.6. The molecule has 0 saturated carbocycles. The lowest BCUT2D eigenvalue weighted by Crippen LogP contribution is -2.50. The Hall–Kier alpha value is -3.20. The third kappa shape index (κ3) is 5.53. The summed E-state index contributed by atoms with van der Waals surface area (Å²) >= 11 is 0. The monoisotopic (exact) mass is 421 g/mol. The van der Waals surface area contributed by atoms with Crippen LogP contribution in [0.15, 0.2) is 121 Å². The maximum Gasteiger partial charge on any atom is 0.103 e. The van der Waals surface area contributed by atoms with E-state index in [2.05, 4.69) is 77.7 Å². The van der Waals surface area contributed by atoms with Crippen LogP contribution in [0.5, 0.6) is 0 Å². The Bertz CT molecular complexity index is 1020. The molecule has 0 fully saturated rings. The molecule has 0 heterocycles. The van der Waals surface area contributed by atoms with Crippen molar-refractivity contribution < 1.29 is 5.11 Å². The van der Waals surface area contributed by atoms with Gasteiger partial charge in [0.05, 0.1) is 0 Å². The molecule has 32 heavy (non-hydrogen) atoms. The molecule has 2 atom stereocenters. The van der Waals surface area contributed by atoms with Crippen molar-refractivity contribution in [2.24, 2.45) is 0 Å². The number of hydrogen-bond acceptors (Lipinski definition) is 2. The molecule has 4 rings (SSSR count). The lowest BCUT2D eigenvalue weighted by Gasteiger charge is -2.42. The molecule has 4 aromatic rings. The van der Waals surface area contributed by atoms with Crippen molar-refractivity contribution in [2.45, 2.75) is 38.1 Å². The quantitative estimate of drug-likeness (QED) is 0.347. The van der Waals surface area contributed by atoms with Crippen LogP contribution < -0.4 is 0 Å². The second kappa shape index (κ2) is 10.4. The molecule has 0 radical (unpaired) electrons. The van der Waals surface area contributed by atoms with E-state index in [4.69, 9.17) is 0 Å². The predicted octanol–water partition coefficient (Wildman–Crippen LogP) is 6.21. The molecule has 0 spiro atoms. The van der Waals surface area contributed by atoms with E-state index in [0.29, 0.717) is 0 Å². The molecule has 0 aliphatic heterocycles. The van der Waals surface area contributed by atoms with E-state index in [1.54, 1.807) is 0 Å². The van der Waals surface area contributed by atoms with Crippen LogP contribution in [0.3, 0.4) is 0 Å². The van der Waals surface area contributed by atoms with Gasteiger partial charge in [0, 0.05) is 19.1 Å². The van der Waals surface area contributed by atoms with Gasteiger partial charge in [0.25, 0.3) is 0 Å². The van der Waals surface area contributed by atoms with Gasteiger partial charge in [-0.15, -0.1) is 0 Å². The lowest BCUT2D eigenvalue weighted by molar-refractivity contribution is -0.0457. The van der Waals surface area contributed by atoms with Gasteiger partial charge in [-0.1, -0.05) is 121 Å². The maximum atomic E-state index is 12.0. The topological polar surface area (TPSA) is 23.5 Å². The van der Waals surface area contributed by atoms with Crippen molar-refractivity contribution in [1.82, 2.24) is 4.90 Å². The molecule has 0 bridgehead atoms. The van der Waals surface area contributed by atoms with Gasteiger partial charge in [-0.25, -0.2) is 0 Å². The molecule has 4 aromatic carbocycles. The molecular formula is C30H31NO. The minimum atomic E-state index is -1.03. The molecule has 0 unspecified atom stereocenters. The highest BCUT2D eigenvalue weighted by molar-refractivity contribution is 5.27. The molecule has 0 aliphatic carbocycles. The zero-order valence-corrected chi connectivity index (χ0v) is 18.6. The van der Waals surface area contributed by atoms with Gasteiger partial charge in [0.1, 0.15) is 5.60 Å². The van der Waals surface area contributed by atoms with Crippen LogP contribution in [0.2, 0.25) is 0 Å². The Balaban J connectivity index is 1.75. The summed E-state index contributed by atoms with van der Waals surface area (Å²) in [5, 5.41) is 12.0. The first kappa shape index (κ1) is 22.0. The molecular weight excluding hydrogens is 390 g/mol. The summed E-state index contributed by atoms with van der Waals surface area (Å²) in [4.78, 5) is 2.42. The van der Waals surface area contributed by atoms with Gasteiger partial charge < -0.3 is 5.11 Å². The Morgan fingerprint density at radius 2 is 0.969 bits per heavy atom. The summed E-state index contributed by atoms with van der Waals surface area (Å²) < 4.78 is 0. The van der Waals surface area contributed by atoms with Crippen molar-refractivity contribution in [1.29, 1.82) is 0 Å². The molecule has 0 aromatic heterocycles. The maximum absolute atomic E-state index is 12.0. The molecule has 1 N–H and O–H groups in total. The van der Waals surface area contributed by atoms with Crippen molar-refractivity contribution in [2.75, 3.05) is 0 Å². The lowest BCUT2D eigenvalue weighted by atomic mass is 9.83. The normalized spacial score (nSPS) is 14.1. The fourth-order valence-corrected chi connectivity index (χ4v) is 4.40. The number of benzene rings is 4. The third-order valence-electron chi connectivity index (χ3n) is 6.18. The highest BCUT2D eigenvalue weighted by Gasteiger charge is 2.38. The van der Waals surface area contributed by atoms with E-state index < -0.39 is 5.60 Å². The fraction of sp³-hybridized carbons (Fsp3) is 0.200. The van der Waals surface area contributed by atoms with Gasteiger partial charge in [0.15, 0.2) is 0 Å². The molecule has 0 aliphatic rings. The summed E-state index contributed by atoms with van der Waals surface area (Å²) in [6, 6.07) is 41.5. The van der Waals surface area contributed by atoms with Crippen LogP contribution in [-0.2, 0) is 25.1 Å². The molecule has 162 valence electrons. The van der Waals surface area contributed by atoms with Crippen LogP contribution >= 0.6 is 0 Å². The van der Waals surface area contributed by atoms with Gasteiger partial charge in [-0.3, -0.25) is 4.90 Å². The van der Waals surface area contributed by atoms with E-state index in [0.717, 1.165) is 25.1 Å². The Morgan fingerprint density at radius 1 is 0.594 bits per heavy atom. The minimum absolute atomic E-state index is 0.118. The minimum Gasteiger partial charge on any atom is -0.384 e. The van der Waals surface area contributed by atoms with Crippen LogP contribution in [0.25, 0.3) is 0 Å². The summed E-state index contributed by atoms with van der Waals surface area (Å²) in [5.74, 6) is 0. The third-order valence-corrected chi connectivity index (χ3v) is 6.18. The van der Waals surface area contributed by atoms with E-state index in [1.165, 1.54) is 16.7 Å². The highest BCUT2D eigenvalue weighted by atomic mass is 16.3. The van der Waals surface area contributed by atoms with Crippen LogP contribution in [0, 0.1) is 0 Å². The standard InChI is InChI=1S/C30H31NO/c1-30(32,28-20-12-5-13-21-28)29(22-25-14-6-2-7-15-25)31(23-26-16-8-3-9-17-26)24-27-18-10-4-11-19-27/h2-21,29,32H,22-24H2,1H3/t29-,30-/m0/s1. The number of hydrogen-bond donors (Lipinski definition) is 1. The first-order chi connectivity index (χ1) is 15.6. The van der Waals surface area contributed by atoms with E-state index in [9.17, 15) is 5.11 Å².